The maximum atomic E-state index is 13.2. The molecule has 4 nitrogen and oxygen atoms in total. The van der Waals surface area contributed by atoms with Gasteiger partial charge < -0.3 is 4.90 Å². The highest BCUT2D eigenvalue weighted by atomic mass is 32.2. The third kappa shape index (κ3) is 4.02. The lowest BCUT2D eigenvalue weighted by Gasteiger charge is -2.39. The number of hydrogen-bond donors (Lipinski definition) is 0. The highest BCUT2D eigenvalue weighted by Gasteiger charge is 2.38. The van der Waals surface area contributed by atoms with E-state index in [1.807, 2.05) is 42.3 Å². The molecule has 1 saturated heterocycles. The van der Waals surface area contributed by atoms with Crippen molar-refractivity contribution in [3.8, 4) is 0 Å². The third-order valence-corrected chi connectivity index (χ3v) is 6.74. The number of aryl methyl sites for hydroxylation is 1. The number of rotatable bonds is 3. The van der Waals surface area contributed by atoms with Crippen molar-refractivity contribution in [3.05, 3.63) is 65.2 Å². The van der Waals surface area contributed by atoms with Gasteiger partial charge >= 0.3 is 6.18 Å². The largest absolute Gasteiger partial charge is 0.416 e. The zero-order valence-corrected chi connectivity index (χ0v) is 15.9. The first-order valence-corrected chi connectivity index (χ1v) is 9.98. The molecule has 1 fully saturated rings. The number of likely N-dealkylation sites (N-methyl/N-ethyl adjacent to an activating group) is 1. The molecule has 0 amide bonds. The van der Waals surface area contributed by atoms with Crippen LogP contribution in [0, 0.1) is 6.92 Å². The van der Waals surface area contributed by atoms with Gasteiger partial charge in [0, 0.05) is 19.6 Å². The number of piperazine rings is 1. The minimum Gasteiger partial charge on any atom is -0.303 e. The maximum Gasteiger partial charge on any atom is 0.416 e. The summed E-state index contributed by atoms with van der Waals surface area (Å²) >= 11 is 0. The van der Waals surface area contributed by atoms with Crippen LogP contribution < -0.4 is 0 Å². The van der Waals surface area contributed by atoms with Gasteiger partial charge in [0.2, 0.25) is 10.0 Å². The second kappa shape index (κ2) is 7.26. The van der Waals surface area contributed by atoms with Gasteiger partial charge in [-0.15, -0.1) is 0 Å². The fourth-order valence-corrected chi connectivity index (χ4v) is 4.96. The fourth-order valence-electron chi connectivity index (χ4n) is 3.34. The lowest BCUT2D eigenvalue weighted by molar-refractivity contribution is -0.138. The van der Waals surface area contributed by atoms with E-state index >= 15 is 0 Å². The van der Waals surface area contributed by atoms with Gasteiger partial charge in [-0.2, -0.15) is 17.5 Å². The van der Waals surface area contributed by atoms with E-state index in [-0.39, 0.29) is 17.0 Å². The SMILES string of the molecule is Cc1ccc(S(=O)(=O)N2CCN(C)CC2c2ccccc2)cc1C(F)(F)F. The van der Waals surface area contributed by atoms with Crippen molar-refractivity contribution in [2.45, 2.75) is 24.0 Å². The molecule has 8 heteroatoms. The van der Waals surface area contributed by atoms with Crippen LogP contribution in [0.5, 0.6) is 0 Å². The van der Waals surface area contributed by atoms with Crippen molar-refractivity contribution in [2.75, 3.05) is 26.7 Å². The first-order valence-electron chi connectivity index (χ1n) is 8.54. The summed E-state index contributed by atoms with van der Waals surface area (Å²) in [5.41, 5.74) is -0.107. The summed E-state index contributed by atoms with van der Waals surface area (Å²) < 4.78 is 67.4. The van der Waals surface area contributed by atoms with Crippen LogP contribution >= 0.6 is 0 Å². The van der Waals surface area contributed by atoms with Crippen LogP contribution in [0.3, 0.4) is 0 Å². The molecule has 2 aromatic rings. The number of halogens is 3. The molecule has 27 heavy (non-hydrogen) atoms. The third-order valence-electron chi connectivity index (χ3n) is 4.84. The molecule has 2 aromatic carbocycles. The van der Waals surface area contributed by atoms with Crippen molar-refractivity contribution in [1.29, 1.82) is 0 Å². The monoisotopic (exact) mass is 398 g/mol. The van der Waals surface area contributed by atoms with Gasteiger partial charge in [-0.25, -0.2) is 8.42 Å². The number of hydrogen-bond acceptors (Lipinski definition) is 3. The summed E-state index contributed by atoms with van der Waals surface area (Å²) in [5.74, 6) is 0. The van der Waals surface area contributed by atoms with Gasteiger partial charge in [0.15, 0.2) is 0 Å². The Morgan fingerprint density at radius 1 is 1.04 bits per heavy atom. The predicted molar refractivity (Wildman–Crippen MR) is 96.8 cm³/mol. The molecule has 1 heterocycles. The van der Waals surface area contributed by atoms with Crippen LogP contribution in [0.4, 0.5) is 13.2 Å². The Morgan fingerprint density at radius 3 is 2.33 bits per heavy atom. The molecule has 3 rings (SSSR count). The quantitative estimate of drug-likeness (QED) is 0.792. The molecule has 146 valence electrons. The van der Waals surface area contributed by atoms with Crippen LogP contribution in [0.2, 0.25) is 0 Å². The van der Waals surface area contributed by atoms with Crippen molar-refractivity contribution < 1.29 is 21.6 Å². The molecule has 0 bridgehead atoms. The van der Waals surface area contributed by atoms with Crippen LogP contribution in [0.15, 0.2) is 53.4 Å². The van der Waals surface area contributed by atoms with Gasteiger partial charge in [-0.1, -0.05) is 36.4 Å². The van der Waals surface area contributed by atoms with Gasteiger partial charge in [0.05, 0.1) is 16.5 Å². The van der Waals surface area contributed by atoms with Crippen molar-refractivity contribution >= 4 is 10.0 Å². The Morgan fingerprint density at radius 2 is 1.70 bits per heavy atom. The predicted octanol–water partition coefficient (Wildman–Crippen LogP) is 3.69. The zero-order chi connectivity index (χ0) is 19.8. The topological polar surface area (TPSA) is 40.6 Å². The first-order chi connectivity index (χ1) is 12.6. The molecule has 1 unspecified atom stereocenters. The molecule has 0 aromatic heterocycles. The van der Waals surface area contributed by atoms with E-state index in [9.17, 15) is 21.6 Å². The second-order valence-electron chi connectivity index (χ2n) is 6.78. The summed E-state index contributed by atoms with van der Waals surface area (Å²) in [6, 6.07) is 11.9. The average Bonchev–Trinajstić information content (AvgIpc) is 2.61. The van der Waals surface area contributed by atoms with E-state index in [1.165, 1.54) is 23.4 Å². The highest BCUT2D eigenvalue weighted by Crippen LogP contribution is 2.36. The second-order valence-corrected chi connectivity index (χ2v) is 8.67. The first kappa shape index (κ1) is 19.9. The van der Waals surface area contributed by atoms with E-state index in [1.54, 1.807) is 0 Å². The Labute approximate surface area is 157 Å². The molecular weight excluding hydrogens is 377 g/mol. The molecule has 1 atom stereocenters. The zero-order valence-electron chi connectivity index (χ0n) is 15.1. The highest BCUT2D eigenvalue weighted by molar-refractivity contribution is 7.89. The van der Waals surface area contributed by atoms with Gasteiger partial charge in [-0.3, -0.25) is 0 Å². The van der Waals surface area contributed by atoms with Crippen molar-refractivity contribution in [1.82, 2.24) is 9.21 Å². The van der Waals surface area contributed by atoms with Crippen LogP contribution in [-0.4, -0.2) is 44.3 Å². The fraction of sp³-hybridized carbons (Fsp3) is 0.368. The molecule has 0 saturated carbocycles. The lowest BCUT2D eigenvalue weighted by Crippen LogP contribution is -2.49. The number of alkyl halides is 3. The summed E-state index contributed by atoms with van der Waals surface area (Å²) in [4.78, 5) is 1.69. The number of nitrogens with zero attached hydrogens (tertiary/aromatic N) is 2. The van der Waals surface area contributed by atoms with Gasteiger partial charge in [0.1, 0.15) is 0 Å². The molecule has 1 aliphatic rings. The minimum absolute atomic E-state index is 0.000521. The normalized spacial score (nSPS) is 20.0. The Kier molecular flexibility index (Phi) is 5.33. The summed E-state index contributed by atoms with van der Waals surface area (Å²) in [6.07, 6.45) is -4.60. The minimum atomic E-state index is -4.60. The Hall–Kier alpha value is -1.90. The molecule has 0 radical (unpaired) electrons. The van der Waals surface area contributed by atoms with Crippen LogP contribution in [-0.2, 0) is 16.2 Å². The number of sulfonamides is 1. The van der Waals surface area contributed by atoms with E-state index in [0.29, 0.717) is 13.1 Å². The molecular formula is C19H21F3N2O2S. The molecule has 1 aliphatic heterocycles. The van der Waals surface area contributed by atoms with Gasteiger partial charge in [0.25, 0.3) is 0 Å². The Bertz CT molecular complexity index is 914. The van der Waals surface area contributed by atoms with Crippen LogP contribution in [0.25, 0.3) is 0 Å². The standard InChI is InChI=1S/C19H21F3N2O2S/c1-14-8-9-16(12-17(14)19(20,21)22)27(25,26)24-11-10-23(2)13-18(24)15-6-4-3-5-7-15/h3-9,12,18H,10-11,13H2,1-2H3. The summed E-state index contributed by atoms with van der Waals surface area (Å²) in [6.45, 7) is 2.53. The van der Waals surface area contributed by atoms with Crippen molar-refractivity contribution in [2.24, 2.45) is 0 Å². The van der Waals surface area contributed by atoms with Crippen molar-refractivity contribution in [3.63, 3.8) is 0 Å². The van der Waals surface area contributed by atoms with E-state index in [2.05, 4.69) is 0 Å². The van der Waals surface area contributed by atoms with E-state index in [0.717, 1.165) is 11.6 Å². The molecule has 0 aliphatic carbocycles. The lowest BCUT2D eigenvalue weighted by atomic mass is 10.1. The number of benzene rings is 2. The smallest absolute Gasteiger partial charge is 0.303 e. The summed E-state index contributed by atoms with van der Waals surface area (Å²) in [5, 5.41) is 0. The maximum absolute atomic E-state index is 13.2. The van der Waals surface area contributed by atoms with E-state index in [4.69, 9.17) is 0 Å². The molecule has 0 N–H and O–H groups in total. The van der Waals surface area contributed by atoms with Crippen LogP contribution in [0.1, 0.15) is 22.7 Å². The average molecular weight is 398 g/mol. The van der Waals surface area contributed by atoms with Gasteiger partial charge in [-0.05, 0) is 37.2 Å². The summed E-state index contributed by atoms with van der Waals surface area (Å²) in [7, 11) is -2.18. The van der Waals surface area contributed by atoms with E-state index < -0.39 is 27.8 Å². The molecule has 0 spiro atoms. The Balaban J connectivity index is 2.05.